The van der Waals surface area contributed by atoms with Gasteiger partial charge < -0.3 is 9.32 Å². The van der Waals surface area contributed by atoms with E-state index in [2.05, 4.69) is 20.8 Å². The van der Waals surface area contributed by atoms with Crippen molar-refractivity contribution in [1.29, 1.82) is 0 Å². The van der Waals surface area contributed by atoms with Crippen molar-refractivity contribution in [3.8, 4) is 0 Å². The van der Waals surface area contributed by atoms with Crippen LogP contribution in [0.5, 0.6) is 0 Å². The molecule has 0 aromatic carbocycles. The highest BCUT2D eigenvalue weighted by atomic mass is 79.9. The Morgan fingerprint density at radius 3 is 3.17 bits per heavy atom. The Bertz CT molecular complexity index is 364. The molecule has 1 fully saturated rings. The van der Waals surface area contributed by atoms with Crippen LogP contribution < -0.4 is 0 Å². The summed E-state index contributed by atoms with van der Waals surface area (Å²) in [4.78, 5) is 14.3. The van der Waals surface area contributed by atoms with Crippen molar-refractivity contribution in [3.63, 3.8) is 0 Å². The quantitative estimate of drug-likeness (QED) is 0.754. The Hall–Kier alpha value is -0.770. The molecule has 0 radical (unpaired) electrons. The van der Waals surface area contributed by atoms with Crippen LogP contribution in [0.4, 0.5) is 0 Å². The summed E-state index contributed by atoms with van der Waals surface area (Å²) in [5.41, 5.74) is 0. The number of aryl methyl sites for hydroxylation is 1. The molecule has 1 atom stereocenters. The monoisotopic (exact) mass is 313 g/mol. The molecule has 2 heterocycles. The average Bonchev–Trinajstić information content (AvgIpc) is 3.04. The van der Waals surface area contributed by atoms with E-state index in [0.29, 0.717) is 18.9 Å². The largest absolute Gasteiger partial charge is 0.469 e. The van der Waals surface area contributed by atoms with E-state index < -0.39 is 0 Å². The van der Waals surface area contributed by atoms with Crippen molar-refractivity contribution in [2.24, 2.45) is 0 Å². The molecule has 100 valence electrons. The maximum absolute atomic E-state index is 12.2. The maximum atomic E-state index is 12.2. The van der Waals surface area contributed by atoms with Crippen molar-refractivity contribution in [3.05, 3.63) is 24.2 Å². The average molecular weight is 314 g/mol. The first-order chi connectivity index (χ1) is 8.81. The minimum Gasteiger partial charge on any atom is -0.469 e. The molecule has 0 spiro atoms. The molecule has 4 heteroatoms. The molecular weight excluding hydrogens is 294 g/mol. The van der Waals surface area contributed by atoms with Crippen LogP contribution in [0.3, 0.4) is 0 Å². The highest BCUT2D eigenvalue weighted by molar-refractivity contribution is 9.09. The SMILES string of the molecule is O=C(CCc1ccco1)N1CCCC1CCCBr. The second-order valence-corrected chi connectivity index (χ2v) is 5.59. The van der Waals surface area contributed by atoms with Gasteiger partial charge in [-0.15, -0.1) is 0 Å². The van der Waals surface area contributed by atoms with Crippen molar-refractivity contribution in [2.75, 3.05) is 11.9 Å². The number of alkyl halides is 1. The second-order valence-electron chi connectivity index (χ2n) is 4.79. The zero-order valence-corrected chi connectivity index (χ0v) is 12.2. The number of carbonyl (C=O) groups is 1. The third kappa shape index (κ3) is 3.61. The standard InChI is InChI=1S/C14H20BrNO2/c15-9-1-4-12-5-2-10-16(12)14(17)8-7-13-6-3-11-18-13/h3,6,11-12H,1-2,4-5,7-10H2. The van der Waals surface area contributed by atoms with Crippen LogP contribution in [0.2, 0.25) is 0 Å². The molecule has 1 aromatic heterocycles. The van der Waals surface area contributed by atoms with Gasteiger partial charge >= 0.3 is 0 Å². The predicted molar refractivity (Wildman–Crippen MR) is 74.8 cm³/mol. The molecule has 1 aliphatic rings. The Morgan fingerprint density at radius 2 is 2.44 bits per heavy atom. The number of likely N-dealkylation sites (tertiary alicyclic amines) is 1. The first kappa shape index (κ1) is 13.7. The summed E-state index contributed by atoms with van der Waals surface area (Å²) in [5, 5.41) is 1.03. The molecule has 18 heavy (non-hydrogen) atoms. The molecule has 1 amide bonds. The molecular formula is C14H20BrNO2. The van der Waals surface area contributed by atoms with E-state index in [-0.39, 0.29) is 5.91 Å². The van der Waals surface area contributed by atoms with Crippen LogP contribution in [0.1, 0.15) is 37.9 Å². The van der Waals surface area contributed by atoms with Crippen molar-refractivity contribution >= 4 is 21.8 Å². The third-order valence-corrected chi connectivity index (χ3v) is 4.09. The molecule has 1 aliphatic heterocycles. The smallest absolute Gasteiger partial charge is 0.223 e. The topological polar surface area (TPSA) is 33.5 Å². The van der Waals surface area contributed by atoms with Crippen LogP contribution in [0.25, 0.3) is 0 Å². The lowest BCUT2D eigenvalue weighted by Crippen LogP contribution is -2.35. The van der Waals surface area contributed by atoms with Gasteiger partial charge in [0.2, 0.25) is 5.91 Å². The molecule has 3 nitrogen and oxygen atoms in total. The van der Waals surface area contributed by atoms with E-state index in [0.717, 1.165) is 36.9 Å². The third-order valence-electron chi connectivity index (χ3n) is 3.53. The molecule has 1 unspecified atom stereocenters. The number of carbonyl (C=O) groups excluding carboxylic acids is 1. The Labute approximate surface area is 117 Å². The highest BCUT2D eigenvalue weighted by Gasteiger charge is 2.27. The summed E-state index contributed by atoms with van der Waals surface area (Å²) in [6.45, 7) is 0.934. The van der Waals surface area contributed by atoms with E-state index in [1.54, 1.807) is 6.26 Å². The summed E-state index contributed by atoms with van der Waals surface area (Å²) in [5.74, 6) is 1.18. The van der Waals surface area contributed by atoms with E-state index in [1.165, 1.54) is 6.42 Å². The molecule has 0 N–H and O–H groups in total. The normalized spacial score (nSPS) is 19.4. The van der Waals surface area contributed by atoms with E-state index in [4.69, 9.17) is 4.42 Å². The highest BCUT2D eigenvalue weighted by Crippen LogP contribution is 2.23. The molecule has 1 saturated heterocycles. The molecule has 0 saturated carbocycles. The first-order valence-electron chi connectivity index (χ1n) is 6.69. The Kier molecular flexibility index (Phi) is 5.29. The summed E-state index contributed by atoms with van der Waals surface area (Å²) in [7, 11) is 0. The van der Waals surface area contributed by atoms with Crippen molar-refractivity contribution < 1.29 is 9.21 Å². The Morgan fingerprint density at radius 1 is 1.56 bits per heavy atom. The fourth-order valence-corrected chi connectivity index (χ4v) is 2.93. The summed E-state index contributed by atoms with van der Waals surface area (Å²) in [6, 6.07) is 4.26. The van der Waals surface area contributed by atoms with Crippen LogP contribution >= 0.6 is 15.9 Å². The van der Waals surface area contributed by atoms with E-state index in [9.17, 15) is 4.79 Å². The van der Waals surface area contributed by atoms with Gasteiger partial charge in [-0.2, -0.15) is 0 Å². The van der Waals surface area contributed by atoms with Gasteiger partial charge in [0.1, 0.15) is 5.76 Å². The van der Waals surface area contributed by atoms with Gasteiger partial charge in [-0.1, -0.05) is 15.9 Å². The number of furan rings is 1. The van der Waals surface area contributed by atoms with Gasteiger partial charge in [0.05, 0.1) is 6.26 Å². The van der Waals surface area contributed by atoms with Gasteiger partial charge in [0, 0.05) is 30.8 Å². The fraction of sp³-hybridized carbons (Fsp3) is 0.643. The second kappa shape index (κ2) is 6.98. The van der Waals surface area contributed by atoms with Gasteiger partial charge in [-0.25, -0.2) is 0 Å². The summed E-state index contributed by atoms with van der Waals surface area (Å²) in [6.07, 6.45) is 7.53. The molecule has 0 aliphatic carbocycles. The zero-order valence-electron chi connectivity index (χ0n) is 10.6. The minimum absolute atomic E-state index is 0.281. The Balaban J connectivity index is 1.80. The van der Waals surface area contributed by atoms with Gasteiger partial charge in [-0.3, -0.25) is 4.79 Å². The van der Waals surface area contributed by atoms with Crippen LogP contribution in [0.15, 0.2) is 22.8 Å². The lowest BCUT2D eigenvalue weighted by molar-refractivity contribution is -0.132. The number of nitrogens with zero attached hydrogens (tertiary/aromatic N) is 1. The van der Waals surface area contributed by atoms with Crippen LogP contribution in [-0.4, -0.2) is 28.7 Å². The molecule has 2 rings (SSSR count). The van der Waals surface area contributed by atoms with Crippen molar-refractivity contribution in [2.45, 2.75) is 44.6 Å². The first-order valence-corrected chi connectivity index (χ1v) is 7.81. The maximum Gasteiger partial charge on any atom is 0.223 e. The number of amides is 1. The van der Waals surface area contributed by atoms with Gasteiger partial charge in [0.25, 0.3) is 0 Å². The van der Waals surface area contributed by atoms with Gasteiger partial charge in [-0.05, 0) is 37.8 Å². The minimum atomic E-state index is 0.281. The number of hydrogen-bond donors (Lipinski definition) is 0. The van der Waals surface area contributed by atoms with Crippen molar-refractivity contribution in [1.82, 2.24) is 4.90 Å². The lowest BCUT2D eigenvalue weighted by Gasteiger charge is -2.24. The number of halogens is 1. The number of hydrogen-bond acceptors (Lipinski definition) is 2. The predicted octanol–water partition coefficient (Wildman–Crippen LogP) is 3.38. The zero-order chi connectivity index (χ0) is 12.8. The number of rotatable bonds is 6. The van der Waals surface area contributed by atoms with E-state index in [1.807, 2.05) is 12.1 Å². The lowest BCUT2D eigenvalue weighted by atomic mass is 10.1. The summed E-state index contributed by atoms with van der Waals surface area (Å²) >= 11 is 3.45. The molecule has 1 aromatic rings. The summed E-state index contributed by atoms with van der Waals surface area (Å²) < 4.78 is 5.26. The van der Waals surface area contributed by atoms with Crippen LogP contribution in [0, 0.1) is 0 Å². The fourth-order valence-electron chi connectivity index (χ4n) is 2.61. The van der Waals surface area contributed by atoms with E-state index >= 15 is 0 Å². The van der Waals surface area contributed by atoms with Crippen LogP contribution in [-0.2, 0) is 11.2 Å². The molecule has 0 bridgehead atoms. The van der Waals surface area contributed by atoms with Gasteiger partial charge in [0.15, 0.2) is 0 Å².